The number of aliphatic hydroxyl groups is 1. The minimum Gasteiger partial charge on any atom is -0.388 e. The quantitative estimate of drug-likeness (QED) is 0.564. The number of aliphatic hydroxyl groups excluding tert-OH is 1. The van der Waals surface area contributed by atoms with Crippen molar-refractivity contribution in [2.45, 2.75) is 114 Å². The van der Waals surface area contributed by atoms with Gasteiger partial charge in [0.2, 0.25) is 0 Å². The minimum atomic E-state index is -0.693. The molecule has 1 N–H and O–H groups in total. The van der Waals surface area contributed by atoms with Gasteiger partial charge in [-0.3, -0.25) is 0 Å². The molecule has 3 fully saturated rings. The van der Waals surface area contributed by atoms with Gasteiger partial charge >= 0.3 is 0 Å². The van der Waals surface area contributed by atoms with E-state index in [1.54, 1.807) is 35.4 Å². The molecular formula is C22H40O10. The summed E-state index contributed by atoms with van der Waals surface area (Å²) < 4.78 is 52.6. The van der Waals surface area contributed by atoms with E-state index in [9.17, 15) is 5.11 Å². The van der Waals surface area contributed by atoms with Crippen LogP contribution in [-0.4, -0.2) is 107 Å². The van der Waals surface area contributed by atoms with E-state index in [0.717, 1.165) is 0 Å². The summed E-state index contributed by atoms with van der Waals surface area (Å²) >= 11 is 0. The third-order valence-electron chi connectivity index (χ3n) is 6.68. The van der Waals surface area contributed by atoms with Crippen LogP contribution in [0.15, 0.2) is 0 Å². The molecule has 0 aromatic carbocycles. The standard InChI is InChI=1S/C22H40O10/c1-11-20(23)14(24-4)8-18(28-11)31-22-13(3)30-19(10-16(22)26-6)32-21-12(2)29-17(27-7)9-15(21)25-5/h11-23H,8-10H2,1-7H3. The van der Waals surface area contributed by atoms with Crippen molar-refractivity contribution in [1.82, 2.24) is 0 Å². The van der Waals surface area contributed by atoms with Crippen molar-refractivity contribution < 1.29 is 47.7 Å². The predicted molar refractivity (Wildman–Crippen MR) is 112 cm³/mol. The number of methoxy groups -OCH3 is 4. The second-order valence-corrected chi connectivity index (χ2v) is 8.77. The molecule has 0 aromatic rings. The highest BCUT2D eigenvalue weighted by Gasteiger charge is 2.45. The number of ether oxygens (including phenoxy) is 9. The molecule has 0 aliphatic carbocycles. The molecule has 0 bridgehead atoms. The maximum absolute atomic E-state index is 10.2. The Bertz CT molecular complexity index is 565. The van der Waals surface area contributed by atoms with Gasteiger partial charge in [0.1, 0.15) is 18.3 Å². The van der Waals surface area contributed by atoms with Gasteiger partial charge in [0.15, 0.2) is 18.9 Å². The van der Waals surface area contributed by atoms with Crippen LogP contribution >= 0.6 is 0 Å². The van der Waals surface area contributed by atoms with Gasteiger partial charge < -0.3 is 47.7 Å². The summed E-state index contributed by atoms with van der Waals surface area (Å²) in [5.74, 6) is 0. The Morgan fingerprint density at radius 3 is 1.44 bits per heavy atom. The zero-order valence-corrected chi connectivity index (χ0v) is 20.2. The van der Waals surface area contributed by atoms with Gasteiger partial charge in [-0.2, -0.15) is 0 Å². The molecule has 3 aliphatic rings. The van der Waals surface area contributed by atoms with Crippen molar-refractivity contribution in [1.29, 1.82) is 0 Å². The van der Waals surface area contributed by atoms with Gasteiger partial charge in [-0.1, -0.05) is 0 Å². The molecule has 0 radical (unpaired) electrons. The number of rotatable bonds is 8. The molecule has 3 heterocycles. The lowest BCUT2D eigenvalue weighted by Gasteiger charge is -2.45. The van der Waals surface area contributed by atoms with Crippen LogP contribution in [-0.2, 0) is 42.6 Å². The molecule has 0 aromatic heterocycles. The van der Waals surface area contributed by atoms with E-state index in [1.807, 2.05) is 13.8 Å². The molecule has 188 valence electrons. The first kappa shape index (κ1) is 26.2. The summed E-state index contributed by atoms with van der Waals surface area (Å²) in [5, 5.41) is 10.2. The molecule has 0 amide bonds. The minimum absolute atomic E-state index is 0.174. The van der Waals surface area contributed by atoms with Gasteiger partial charge in [0.25, 0.3) is 0 Å². The molecule has 10 nitrogen and oxygen atoms in total. The Hall–Kier alpha value is -0.400. The highest BCUT2D eigenvalue weighted by molar-refractivity contribution is 4.89. The van der Waals surface area contributed by atoms with Crippen LogP contribution in [0.1, 0.15) is 40.0 Å². The van der Waals surface area contributed by atoms with Crippen LogP contribution in [0.4, 0.5) is 0 Å². The normalized spacial score (nSPS) is 48.0. The van der Waals surface area contributed by atoms with Crippen LogP contribution < -0.4 is 0 Å². The van der Waals surface area contributed by atoms with Crippen LogP contribution in [0.3, 0.4) is 0 Å². The van der Waals surface area contributed by atoms with Gasteiger partial charge in [0.05, 0.1) is 36.6 Å². The van der Waals surface area contributed by atoms with Gasteiger partial charge in [-0.05, 0) is 20.8 Å². The fourth-order valence-electron chi connectivity index (χ4n) is 4.77. The highest BCUT2D eigenvalue weighted by atomic mass is 16.7. The predicted octanol–water partition coefficient (Wildman–Crippen LogP) is 1.21. The van der Waals surface area contributed by atoms with Crippen LogP contribution in [0, 0.1) is 0 Å². The van der Waals surface area contributed by atoms with Crippen molar-refractivity contribution in [3.05, 3.63) is 0 Å². The van der Waals surface area contributed by atoms with Crippen molar-refractivity contribution in [3.63, 3.8) is 0 Å². The Balaban J connectivity index is 1.60. The van der Waals surface area contributed by atoms with Crippen molar-refractivity contribution in [2.24, 2.45) is 0 Å². The summed E-state index contributed by atoms with van der Waals surface area (Å²) in [5.41, 5.74) is 0. The summed E-state index contributed by atoms with van der Waals surface area (Å²) in [6.07, 6.45) is -2.93. The van der Waals surface area contributed by atoms with E-state index in [1.165, 1.54) is 0 Å². The SMILES string of the molecule is COC1CC(OC)C(OC2CC(OC)C(OC3CC(OC)C(O)C(C)O3)C(C)O2)C(C)O1. The third-order valence-corrected chi connectivity index (χ3v) is 6.68. The summed E-state index contributed by atoms with van der Waals surface area (Å²) in [7, 11) is 6.50. The average Bonchev–Trinajstić information content (AvgIpc) is 2.78. The zero-order chi connectivity index (χ0) is 23.4. The van der Waals surface area contributed by atoms with Gasteiger partial charge in [-0.15, -0.1) is 0 Å². The maximum atomic E-state index is 10.2. The molecule has 3 aliphatic heterocycles. The second-order valence-electron chi connectivity index (χ2n) is 8.77. The van der Waals surface area contributed by atoms with Crippen LogP contribution in [0.5, 0.6) is 0 Å². The Kier molecular flexibility index (Phi) is 9.69. The summed E-state index contributed by atoms with van der Waals surface area (Å²) in [6.45, 7) is 5.67. The van der Waals surface area contributed by atoms with Gasteiger partial charge in [0, 0.05) is 47.7 Å². The molecule has 3 saturated heterocycles. The molecule has 0 saturated carbocycles. The molecule has 32 heavy (non-hydrogen) atoms. The van der Waals surface area contributed by atoms with E-state index in [-0.39, 0.29) is 49.0 Å². The van der Waals surface area contributed by atoms with E-state index in [4.69, 9.17) is 42.6 Å². The molecule has 3 rings (SSSR count). The first-order valence-electron chi connectivity index (χ1n) is 11.4. The van der Waals surface area contributed by atoms with E-state index in [2.05, 4.69) is 0 Å². The summed E-state index contributed by atoms with van der Waals surface area (Å²) in [4.78, 5) is 0. The smallest absolute Gasteiger partial charge is 0.161 e. The number of hydrogen-bond donors (Lipinski definition) is 1. The average molecular weight is 465 g/mol. The van der Waals surface area contributed by atoms with E-state index in [0.29, 0.717) is 19.3 Å². The summed E-state index contributed by atoms with van der Waals surface area (Å²) in [6, 6.07) is 0. The van der Waals surface area contributed by atoms with Gasteiger partial charge in [-0.25, -0.2) is 0 Å². The first-order valence-corrected chi connectivity index (χ1v) is 11.4. The second kappa shape index (κ2) is 11.8. The molecule has 0 spiro atoms. The Morgan fingerprint density at radius 1 is 0.562 bits per heavy atom. The van der Waals surface area contributed by atoms with Crippen molar-refractivity contribution in [3.8, 4) is 0 Å². The Morgan fingerprint density at radius 2 is 0.969 bits per heavy atom. The first-order chi connectivity index (χ1) is 15.3. The lowest BCUT2D eigenvalue weighted by molar-refractivity contribution is -0.335. The van der Waals surface area contributed by atoms with Crippen molar-refractivity contribution >= 4 is 0 Å². The van der Waals surface area contributed by atoms with E-state index >= 15 is 0 Å². The lowest BCUT2D eigenvalue weighted by Crippen LogP contribution is -2.56. The fraction of sp³-hybridized carbons (Fsp3) is 1.00. The molecular weight excluding hydrogens is 424 g/mol. The third kappa shape index (κ3) is 5.99. The van der Waals surface area contributed by atoms with E-state index < -0.39 is 24.8 Å². The maximum Gasteiger partial charge on any atom is 0.161 e. The molecule has 12 unspecified atom stereocenters. The largest absolute Gasteiger partial charge is 0.388 e. The topological polar surface area (TPSA) is 103 Å². The zero-order valence-electron chi connectivity index (χ0n) is 20.2. The fourth-order valence-corrected chi connectivity index (χ4v) is 4.77. The monoisotopic (exact) mass is 464 g/mol. The highest BCUT2D eigenvalue weighted by Crippen LogP contribution is 2.33. The molecule has 12 atom stereocenters. The lowest BCUT2D eigenvalue weighted by atomic mass is 9.99. The van der Waals surface area contributed by atoms with Crippen LogP contribution in [0.2, 0.25) is 0 Å². The number of hydrogen-bond acceptors (Lipinski definition) is 10. The van der Waals surface area contributed by atoms with Crippen LogP contribution in [0.25, 0.3) is 0 Å². The Labute approximate surface area is 190 Å². The van der Waals surface area contributed by atoms with Crippen molar-refractivity contribution in [2.75, 3.05) is 28.4 Å². The molecule has 10 heteroatoms.